The molecule has 0 amide bonds. The smallest absolute Gasteiger partial charge is 0.140 e. The van der Waals surface area contributed by atoms with E-state index < -0.39 is 0 Å². The van der Waals surface area contributed by atoms with Crippen LogP contribution in [0, 0.1) is 0 Å². The van der Waals surface area contributed by atoms with E-state index in [9.17, 15) is 4.79 Å². The Bertz CT molecular complexity index is 407. The van der Waals surface area contributed by atoms with E-state index in [1.807, 2.05) is 38.1 Å². The minimum atomic E-state index is -0.0119. The molecule has 0 aliphatic carbocycles. The summed E-state index contributed by atoms with van der Waals surface area (Å²) in [5, 5.41) is 3.28. The second kappa shape index (κ2) is 6.71. The maximum absolute atomic E-state index is 11.9. The van der Waals surface area contributed by atoms with E-state index in [0.717, 1.165) is 37.2 Å². The van der Waals surface area contributed by atoms with Crippen LogP contribution in [0.25, 0.3) is 0 Å². The van der Waals surface area contributed by atoms with Gasteiger partial charge in [-0.05, 0) is 37.1 Å². The van der Waals surface area contributed by atoms with E-state index in [1.165, 1.54) is 0 Å². The SMILES string of the molecule is CCCC(=O)C(C)c1ccc(O[C@@H]2CCNC2)cc1. The molecule has 1 aliphatic heterocycles. The van der Waals surface area contributed by atoms with Crippen LogP contribution in [0.1, 0.15) is 44.6 Å². The Balaban J connectivity index is 1.95. The largest absolute Gasteiger partial charge is 0.489 e. The van der Waals surface area contributed by atoms with Crippen molar-refractivity contribution in [3.05, 3.63) is 29.8 Å². The van der Waals surface area contributed by atoms with Crippen LogP contribution in [0.3, 0.4) is 0 Å². The quantitative estimate of drug-likeness (QED) is 0.855. The van der Waals surface area contributed by atoms with Gasteiger partial charge in [0, 0.05) is 18.9 Å². The van der Waals surface area contributed by atoms with Gasteiger partial charge in [0.2, 0.25) is 0 Å². The van der Waals surface area contributed by atoms with Gasteiger partial charge in [-0.3, -0.25) is 4.79 Å². The van der Waals surface area contributed by atoms with Gasteiger partial charge in [-0.15, -0.1) is 0 Å². The molecule has 1 unspecified atom stereocenters. The molecule has 3 nitrogen and oxygen atoms in total. The normalized spacial score (nSPS) is 20.2. The molecule has 19 heavy (non-hydrogen) atoms. The minimum Gasteiger partial charge on any atom is -0.489 e. The number of ketones is 1. The number of rotatable bonds is 6. The third kappa shape index (κ3) is 3.80. The molecular weight excluding hydrogens is 238 g/mol. The third-order valence-corrected chi connectivity index (χ3v) is 3.68. The predicted octanol–water partition coefficient (Wildman–Crippen LogP) is 2.90. The summed E-state index contributed by atoms with van der Waals surface area (Å²) in [7, 11) is 0. The van der Waals surface area contributed by atoms with Gasteiger partial charge in [-0.25, -0.2) is 0 Å². The first kappa shape index (κ1) is 14.1. The molecule has 0 aromatic heterocycles. The zero-order valence-electron chi connectivity index (χ0n) is 11.8. The van der Waals surface area contributed by atoms with Gasteiger partial charge in [0.15, 0.2) is 0 Å². The predicted molar refractivity (Wildman–Crippen MR) is 76.7 cm³/mol. The van der Waals surface area contributed by atoms with Crippen molar-refractivity contribution in [3.8, 4) is 5.75 Å². The fraction of sp³-hybridized carbons (Fsp3) is 0.562. The Morgan fingerprint density at radius 3 is 2.74 bits per heavy atom. The van der Waals surface area contributed by atoms with Crippen molar-refractivity contribution >= 4 is 5.78 Å². The second-order valence-electron chi connectivity index (χ2n) is 5.24. The zero-order chi connectivity index (χ0) is 13.7. The molecule has 2 rings (SSSR count). The number of nitrogens with one attached hydrogen (secondary N) is 1. The van der Waals surface area contributed by atoms with Crippen LogP contribution in [0.5, 0.6) is 5.75 Å². The summed E-state index contributed by atoms with van der Waals surface area (Å²) in [4.78, 5) is 11.9. The molecule has 104 valence electrons. The molecule has 0 spiro atoms. The lowest BCUT2D eigenvalue weighted by Gasteiger charge is -2.14. The Morgan fingerprint density at radius 1 is 1.42 bits per heavy atom. The molecule has 1 heterocycles. The number of hydrogen-bond donors (Lipinski definition) is 1. The lowest BCUT2D eigenvalue weighted by atomic mass is 9.94. The first-order valence-corrected chi connectivity index (χ1v) is 7.20. The van der Waals surface area contributed by atoms with E-state index in [0.29, 0.717) is 12.2 Å². The van der Waals surface area contributed by atoms with Gasteiger partial charge in [0.05, 0.1) is 0 Å². The Kier molecular flexibility index (Phi) is 4.97. The van der Waals surface area contributed by atoms with Crippen LogP contribution in [-0.4, -0.2) is 25.0 Å². The molecule has 1 N–H and O–H groups in total. The number of benzene rings is 1. The highest BCUT2D eigenvalue weighted by molar-refractivity contribution is 5.85. The summed E-state index contributed by atoms with van der Waals surface area (Å²) in [6, 6.07) is 7.97. The van der Waals surface area contributed by atoms with Crippen LogP contribution in [0.4, 0.5) is 0 Å². The lowest BCUT2D eigenvalue weighted by molar-refractivity contribution is -0.120. The van der Waals surface area contributed by atoms with Crippen molar-refractivity contribution in [3.63, 3.8) is 0 Å². The van der Waals surface area contributed by atoms with Gasteiger partial charge in [0.25, 0.3) is 0 Å². The fourth-order valence-electron chi connectivity index (χ4n) is 2.41. The summed E-state index contributed by atoms with van der Waals surface area (Å²) in [5.74, 6) is 1.20. The van der Waals surface area contributed by atoms with Crippen LogP contribution in [-0.2, 0) is 4.79 Å². The molecule has 2 atom stereocenters. The topological polar surface area (TPSA) is 38.3 Å². The van der Waals surface area contributed by atoms with Gasteiger partial charge in [0.1, 0.15) is 17.6 Å². The minimum absolute atomic E-state index is 0.0119. The molecule has 1 aromatic rings. The third-order valence-electron chi connectivity index (χ3n) is 3.68. The molecule has 0 radical (unpaired) electrons. The summed E-state index contributed by atoms with van der Waals surface area (Å²) in [6.45, 7) is 5.98. The maximum atomic E-state index is 11.9. The fourth-order valence-corrected chi connectivity index (χ4v) is 2.41. The highest BCUT2D eigenvalue weighted by Gasteiger charge is 2.17. The van der Waals surface area contributed by atoms with Crippen molar-refractivity contribution in [2.75, 3.05) is 13.1 Å². The van der Waals surface area contributed by atoms with Crippen molar-refractivity contribution < 1.29 is 9.53 Å². The highest BCUT2D eigenvalue weighted by Crippen LogP contribution is 2.22. The van der Waals surface area contributed by atoms with Crippen molar-refractivity contribution in [1.82, 2.24) is 5.32 Å². The number of Topliss-reactive ketones (excluding diaryl/α,β-unsaturated/α-hetero) is 1. The molecule has 1 fully saturated rings. The average molecular weight is 261 g/mol. The lowest BCUT2D eigenvalue weighted by Crippen LogP contribution is -2.19. The second-order valence-corrected chi connectivity index (χ2v) is 5.24. The monoisotopic (exact) mass is 261 g/mol. The van der Waals surface area contributed by atoms with Crippen LogP contribution in [0.15, 0.2) is 24.3 Å². The molecule has 1 saturated heterocycles. The molecule has 3 heteroatoms. The first-order chi connectivity index (χ1) is 9.20. The van der Waals surface area contributed by atoms with Crippen molar-refractivity contribution in [2.45, 2.75) is 45.1 Å². The molecule has 1 aliphatic rings. The van der Waals surface area contributed by atoms with E-state index >= 15 is 0 Å². The summed E-state index contributed by atoms with van der Waals surface area (Å²) in [6.07, 6.45) is 2.92. The molecular formula is C16H23NO2. The van der Waals surface area contributed by atoms with E-state index in [-0.39, 0.29) is 12.0 Å². The van der Waals surface area contributed by atoms with Crippen molar-refractivity contribution in [2.24, 2.45) is 0 Å². The van der Waals surface area contributed by atoms with Crippen molar-refractivity contribution in [1.29, 1.82) is 0 Å². The molecule has 0 bridgehead atoms. The molecule has 1 aromatic carbocycles. The van der Waals surface area contributed by atoms with Gasteiger partial charge in [-0.2, -0.15) is 0 Å². The number of hydrogen-bond acceptors (Lipinski definition) is 3. The highest BCUT2D eigenvalue weighted by atomic mass is 16.5. The van der Waals surface area contributed by atoms with Crippen LogP contribution >= 0.6 is 0 Å². The van der Waals surface area contributed by atoms with Gasteiger partial charge < -0.3 is 10.1 Å². The van der Waals surface area contributed by atoms with E-state index in [4.69, 9.17) is 4.74 Å². The van der Waals surface area contributed by atoms with Gasteiger partial charge >= 0.3 is 0 Å². The zero-order valence-corrected chi connectivity index (χ0v) is 11.8. The summed E-state index contributed by atoms with van der Waals surface area (Å²) >= 11 is 0. The van der Waals surface area contributed by atoms with Crippen LogP contribution in [0.2, 0.25) is 0 Å². The maximum Gasteiger partial charge on any atom is 0.140 e. The Labute approximate surface area is 115 Å². The van der Waals surface area contributed by atoms with E-state index in [2.05, 4.69) is 5.32 Å². The Morgan fingerprint density at radius 2 is 2.16 bits per heavy atom. The summed E-state index contributed by atoms with van der Waals surface area (Å²) in [5.41, 5.74) is 1.08. The molecule has 0 saturated carbocycles. The van der Waals surface area contributed by atoms with Crippen LogP contribution < -0.4 is 10.1 Å². The number of carbonyl (C=O) groups excluding carboxylic acids is 1. The number of carbonyl (C=O) groups is 1. The standard InChI is InChI=1S/C16H23NO2/c1-3-4-16(18)12(2)13-5-7-14(8-6-13)19-15-9-10-17-11-15/h5-8,12,15,17H,3-4,9-11H2,1-2H3/t12?,15-/m1/s1. The van der Waals surface area contributed by atoms with E-state index in [1.54, 1.807) is 0 Å². The first-order valence-electron chi connectivity index (χ1n) is 7.20. The summed E-state index contributed by atoms with van der Waals surface area (Å²) < 4.78 is 5.87. The average Bonchev–Trinajstić information content (AvgIpc) is 2.92. The van der Waals surface area contributed by atoms with Gasteiger partial charge in [-0.1, -0.05) is 26.0 Å². The Hall–Kier alpha value is -1.35. The number of ether oxygens (including phenoxy) is 1.